The Morgan fingerprint density at radius 1 is 1.28 bits per heavy atom. The van der Waals surface area contributed by atoms with Crippen LogP contribution in [0.3, 0.4) is 0 Å². The highest BCUT2D eigenvalue weighted by Gasteiger charge is 2.32. The summed E-state index contributed by atoms with van der Waals surface area (Å²) in [5.41, 5.74) is 6.00. The van der Waals surface area contributed by atoms with Gasteiger partial charge in [-0.1, -0.05) is 12.1 Å². The van der Waals surface area contributed by atoms with Crippen LogP contribution >= 0.6 is 0 Å². The molecule has 1 aromatic carbocycles. The number of sulfonamides is 1. The van der Waals surface area contributed by atoms with Crippen LogP contribution in [0.1, 0.15) is 19.4 Å². The fourth-order valence-corrected chi connectivity index (χ4v) is 3.02. The van der Waals surface area contributed by atoms with Crippen LogP contribution in [-0.4, -0.2) is 37.0 Å². The van der Waals surface area contributed by atoms with Crippen molar-refractivity contribution in [1.82, 2.24) is 4.31 Å². The lowest BCUT2D eigenvalue weighted by molar-refractivity contribution is 0.138. The topological polar surface area (TPSA) is 83.6 Å². The highest BCUT2D eigenvalue weighted by Crippen LogP contribution is 2.19. The Labute approximate surface area is 108 Å². The predicted molar refractivity (Wildman–Crippen MR) is 72.4 cm³/mol. The maximum absolute atomic E-state index is 12.2. The lowest BCUT2D eigenvalue weighted by Crippen LogP contribution is -2.47. The number of nitrogen functional groups attached to an aromatic ring is 1. The van der Waals surface area contributed by atoms with Crippen molar-refractivity contribution >= 4 is 15.7 Å². The first-order valence-corrected chi connectivity index (χ1v) is 7.22. The molecule has 0 fully saturated rings. The second-order valence-electron chi connectivity index (χ2n) is 4.94. The number of aliphatic hydroxyl groups excluding tert-OH is 1. The molecular formula is C12H20N2O3S. The first-order chi connectivity index (χ1) is 8.19. The van der Waals surface area contributed by atoms with E-state index in [0.717, 1.165) is 0 Å². The fraction of sp³-hybridized carbons (Fsp3) is 0.500. The van der Waals surface area contributed by atoms with Gasteiger partial charge in [0.25, 0.3) is 0 Å². The second-order valence-corrected chi connectivity index (χ2v) is 6.94. The zero-order chi connectivity index (χ0) is 14.0. The van der Waals surface area contributed by atoms with Gasteiger partial charge in [-0.2, -0.15) is 4.31 Å². The minimum Gasteiger partial charge on any atom is -0.399 e. The van der Waals surface area contributed by atoms with Crippen LogP contribution in [0.15, 0.2) is 24.3 Å². The first kappa shape index (κ1) is 14.9. The molecule has 0 saturated carbocycles. The summed E-state index contributed by atoms with van der Waals surface area (Å²) in [5.74, 6) is -0.104. The van der Waals surface area contributed by atoms with E-state index in [1.165, 1.54) is 11.4 Å². The Morgan fingerprint density at radius 2 is 1.78 bits per heavy atom. The minimum absolute atomic E-state index is 0.104. The molecule has 1 rings (SSSR count). The quantitative estimate of drug-likeness (QED) is 0.777. The SMILES string of the molecule is CN(C(C)(C)CO)S(=O)(=O)Cc1ccc(N)cc1. The Morgan fingerprint density at radius 3 is 2.22 bits per heavy atom. The number of nitrogens with zero attached hydrogens (tertiary/aromatic N) is 1. The van der Waals surface area contributed by atoms with Gasteiger partial charge in [-0.05, 0) is 31.5 Å². The van der Waals surface area contributed by atoms with Gasteiger partial charge in [0.2, 0.25) is 10.0 Å². The summed E-state index contributed by atoms with van der Waals surface area (Å²) >= 11 is 0. The first-order valence-electron chi connectivity index (χ1n) is 5.61. The zero-order valence-electron chi connectivity index (χ0n) is 10.9. The Bertz CT molecular complexity index is 495. The molecule has 0 aliphatic heterocycles. The molecule has 0 aliphatic rings. The Balaban J connectivity index is 2.92. The van der Waals surface area contributed by atoms with Crippen molar-refractivity contribution in [3.63, 3.8) is 0 Å². The van der Waals surface area contributed by atoms with E-state index in [1.54, 1.807) is 38.1 Å². The molecular weight excluding hydrogens is 252 g/mol. The number of likely N-dealkylation sites (N-methyl/N-ethyl adjacent to an activating group) is 1. The summed E-state index contributed by atoms with van der Waals surface area (Å²) in [6.45, 7) is 3.12. The molecule has 0 atom stereocenters. The van der Waals surface area contributed by atoms with Gasteiger partial charge in [0.1, 0.15) is 0 Å². The van der Waals surface area contributed by atoms with Crippen molar-refractivity contribution in [2.24, 2.45) is 0 Å². The van der Waals surface area contributed by atoms with E-state index in [-0.39, 0.29) is 12.4 Å². The number of hydrogen-bond donors (Lipinski definition) is 2. The molecule has 3 N–H and O–H groups in total. The normalized spacial score (nSPS) is 12.9. The third-order valence-electron chi connectivity index (χ3n) is 2.99. The summed E-state index contributed by atoms with van der Waals surface area (Å²) < 4.78 is 25.6. The predicted octanol–water partition coefficient (Wildman–Crippen LogP) is 0.801. The number of nitrogens with two attached hydrogens (primary N) is 1. The van der Waals surface area contributed by atoms with E-state index in [1.807, 2.05) is 0 Å². The van der Waals surface area contributed by atoms with Gasteiger partial charge in [-0.15, -0.1) is 0 Å². The standard InChI is InChI=1S/C12H20N2O3S/c1-12(2,9-15)14(3)18(16,17)8-10-4-6-11(13)7-5-10/h4-7,15H,8-9,13H2,1-3H3. The van der Waals surface area contributed by atoms with Crippen LogP contribution in [0.5, 0.6) is 0 Å². The summed E-state index contributed by atoms with van der Waals surface area (Å²) in [4.78, 5) is 0. The molecule has 0 amide bonds. The van der Waals surface area contributed by atoms with Gasteiger partial charge in [0, 0.05) is 12.7 Å². The maximum Gasteiger partial charge on any atom is 0.218 e. The average molecular weight is 272 g/mol. The summed E-state index contributed by atoms with van der Waals surface area (Å²) in [6.07, 6.45) is 0. The molecule has 0 unspecified atom stereocenters. The van der Waals surface area contributed by atoms with Gasteiger partial charge in [-0.3, -0.25) is 0 Å². The van der Waals surface area contributed by atoms with E-state index < -0.39 is 15.6 Å². The van der Waals surface area contributed by atoms with Crippen molar-refractivity contribution in [3.05, 3.63) is 29.8 Å². The smallest absolute Gasteiger partial charge is 0.218 e. The summed E-state index contributed by atoms with van der Waals surface area (Å²) in [6, 6.07) is 6.71. The largest absolute Gasteiger partial charge is 0.399 e. The lowest BCUT2D eigenvalue weighted by atomic mass is 10.1. The molecule has 1 aromatic rings. The summed E-state index contributed by atoms with van der Waals surface area (Å²) in [5, 5.41) is 9.21. The van der Waals surface area contributed by atoms with Gasteiger partial charge in [0.15, 0.2) is 0 Å². The van der Waals surface area contributed by atoms with E-state index >= 15 is 0 Å². The number of anilines is 1. The van der Waals surface area contributed by atoms with Crippen molar-refractivity contribution < 1.29 is 13.5 Å². The van der Waals surface area contributed by atoms with Crippen molar-refractivity contribution in [1.29, 1.82) is 0 Å². The Hall–Kier alpha value is -1.11. The molecule has 18 heavy (non-hydrogen) atoms. The van der Waals surface area contributed by atoms with Crippen LogP contribution in [0, 0.1) is 0 Å². The van der Waals surface area contributed by atoms with Gasteiger partial charge < -0.3 is 10.8 Å². The molecule has 0 bridgehead atoms. The molecule has 0 radical (unpaired) electrons. The maximum atomic E-state index is 12.2. The number of hydrogen-bond acceptors (Lipinski definition) is 4. The molecule has 0 spiro atoms. The Kier molecular flexibility index (Phi) is 4.37. The van der Waals surface area contributed by atoms with Crippen molar-refractivity contribution in [2.75, 3.05) is 19.4 Å². The van der Waals surface area contributed by atoms with E-state index in [2.05, 4.69) is 0 Å². The fourth-order valence-electron chi connectivity index (χ4n) is 1.40. The monoisotopic (exact) mass is 272 g/mol. The second kappa shape index (κ2) is 5.26. The molecule has 102 valence electrons. The molecule has 0 aliphatic carbocycles. The van der Waals surface area contributed by atoms with Crippen LogP contribution in [0.25, 0.3) is 0 Å². The highest BCUT2D eigenvalue weighted by molar-refractivity contribution is 7.88. The molecule has 6 heteroatoms. The van der Waals surface area contributed by atoms with E-state index in [4.69, 9.17) is 5.73 Å². The van der Waals surface area contributed by atoms with Crippen LogP contribution in [0.4, 0.5) is 5.69 Å². The van der Waals surface area contributed by atoms with Crippen LogP contribution < -0.4 is 5.73 Å². The average Bonchev–Trinajstić information content (AvgIpc) is 2.31. The molecule has 0 saturated heterocycles. The zero-order valence-corrected chi connectivity index (χ0v) is 11.7. The van der Waals surface area contributed by atoms with Crippen LogP contribution in [0.2, 0.25) is 0 Å². The van der Waals surface area contributed by atoms with Crippen molar-refractivity contribution in [3.8, 4) is 0 Å². The van der Waals surface area contributed by atoms with Crippen molar-refractivity contribution in [2.45, 2.75) is 25.1 Å². The highest BCUT2D eigenvalue weighted by atomic mass is 32.2. The molecule has 0 heterocycles. The van der Waals surface area contributed by atoms with E-state index in [0.29, 0.717) is 11.3 Å². The summed E-state index contributed by atoms with van der Waals surface area (Å²) in [7, 11) is -1.99. The third-order valence-corrected chi connectivity index (χ3v) is 5.01. The lowest BCUT2D eigenvalue weighted by Gasteiger charge is -2.32. The molecule has 0 aromatic heterocycles. The number of rotatable bonds is 5. The molecule has 5 nitrogen and oxygen atoms in total. The van der Waals surface area contributed by atoms with Gasteiger partial charge in [0.05, 0.1) is 17.9 Å². The minimum atomic E-state index is -3.46. The van der Waals surface area contributed by atoms with Gasteiger partial charge >= 0.3 is 0 Å². The van der Waals surface area contributed by atoms with E-state index in [9.17, 15) is 13.5 Å². The van der Waals surface area contributed by atoms with Crippen LogP contribution in [-0.2, 0) is 15.8 Å². The van der Waals surface area contributed by atoms with Gasteiger partial charge in [-0.25, -0.2) is 8.42 Å². The third kappa shape index (κ3) is 3.44. The number of aliphatic hydroxyl groups is 1. The number of benzene rings is 1.